The Morgan fingerprint density at radius 1 is 1.27 bits per heavy atom. The molecule has 0 atom stereocenters. The minimum Gasteiger partial charge on any atom is -0.382 e. The Morgan fingerprint density at radius 2 is 1.93 bits per heavy atom. The molecule has 0 bridgehead atoms. The van der Waals surface area contributed by atoms with Gasteiger partial charge < -0.3 is 11.1 Å². The lowest BCUT2D eigenvalue weighted by Gasteiger charge is -2.20. The van der Waals surface area contributed by atoms with Crippen LogP contribution in [-0.2, 0) is 0 Å². The Hall–Kier alpha value is -1.53. The number of nitrogen functional groups attached to an aromatic ring is 1. The van der Waals surface area contributed by atoms with Crippen molar-refractivity contribution in [3.63, 3.8) is 0 Å². The van der Waals surface area contributed by atoms with Crippen molar-refractivity contribution in [2.45, 2.75) is 24.6 Å². The maximum atomic E-state index is 12.5. The highest BCUT2D eigenvalue weighted by atomic mass is 19.4. The third-order valence-corrected chi connectivity index (χ3v) is 2.33. The highest BCUT2D eigenvalue weighted by Gasteiger charge is 2.63. The van der Waals surface area contributed by atoms with Crippen LogP contribution < -0.4 is 11.1 Å². The van der Waals surface area contributed by atoms with Crippen molar-refractivity contribution < 1.29 is 13.2 Å². The van der Waals surface area contributed by atoms with E-state index in [2.05, 4.69) is 15.3 Å². The standard InChI is InChI=1S/C8H9F3N4/c9-8(10,11)7(1-2-7)15-6-4-13-5(12)3-14-6/h3-4H,1-2H2,(H2,12,13)(H,14,15). The molecule has 0 amide bonds. The van der Waals surface area contributed by atoms with E-state index in [1.54, 1.807) is 0 Å². The smallest absolute Gasteiger partial charge is 0.382 e. The molecule has 1 saturated carbocycles. The van der Waals surface area contributed by atoms with Gasteiger partial charge in [-0.25, -0.2) is 9.97 Å². The number of alkyl halides is 3. The van der Waals surface area contributed by atoms with Gasteiger partial charge >= 0.3 is 6.18 Å². The summed E-state index contributed by atoms with van der Waals surface area (Å²) in [6.45, 7) is 0. The van der Waals surface area contributed by atoms with E-state index in [1.165, 1.54) is 12.4 Å². The van der Waals surface area contributed by atoms with E-state index < -0.39 is 11.7 Å². The summed E-state index contributed by atoms with van der Waals surface area (Å²) in [6, 6.07) is 0. The fourth-order valence-electron chi connectivity index (χ4n) is 1.25. The molecule has 1 fully saturated rings. The molecule has 1 aliphatic carbocycles. The van der Waals surface area contributed by atoms with Gasteiger partial charge in [-0.05, 0) is 12.8 Å². The SMILES string of the molecule is Nc1cnc(NC2(C(F)(F)F)CC2)cn1. The van der Waals surface area contributed by atoms with Gasteiger partial charge in [0.2, 0.25) is 0 Å². The number of nitrogens with zero attached hydrogens (tertiary/aromatic N) is 2. The van der Waals surface area contributed by atoms with Crippen LogP contribution in [0.3, 0.4) is 0 Å². The molecule has 82 valence electrons. The van der Waals surface area contributed by atoms with E-state index in [4.69, 9.17) is 5.73 Å². The van der Waals surface area contributed by atoms with Crippen LogP contribution in [0.15, 0.2) is 12.4 Å². The Balaban J connectivity index is 2.13. The van der Waals surface area contributed by atoms with E-state index in [1.807, 2.05) is 0 Å². The van der Waals surface area contributed by atoms with Crippen LogP contribution in [-0.4, -0.2) is 21.7 Å². The Morgan fingerprint density at radius 3 is 2.33 bits per heavy atom. The van der Waals surface area contributed by atoms with Gasteiger partial charge in [-0.15, -0.1) is 0 Å². The summed E-state index contributed by atoms with van der Waals surface area (Å²) in [5, 5.41) is 2.34. The second-order valence-corrected chi connectivity index (χ2v) is 3.53. The van der Waals surface area contributed by atoms with Crippen LogP contribution in [0.2, 0.25) is 0 Å². The van der Waals surface area contributed by atoms with E-state index in [0.29, 0.717) is 0 Å². The summed E-state index contributed by atoms with van der Waals surface area (Å²) in [6.07, 6.45) is -1.70. The van der Waals surface area contributed by atoms with Crippen LogP contribution in [0.4, 0.5) is 24.8 Å². The first-order chi connectivity index (χ1) is 6.93. The van der Waals surface area contributed by atoms with Gasteiger partial charge in [0.15, 0.2) is 0 Å². The number of aromatic nitrogens is 2. The zero-order chi connectivity index (χ0) is 11.1. The number of nitrogens with one attached hydrogen (secondary N) is 1. The largest absolute Gasteiger partial charge is 0.411 e. The van der Waals surface area contributed by atoms with Crippen LogP contribution in [0.5, 0.6) is 0 Å². The summed E-state index contributed by atoms with van der Waals surface area (Å²) in [4.78, 5) is 7.38. The fourth-order valence-corrected chi connectivity index (χ4v) is 1.25. The van der Waals surface area contributed by atoms with E-state index in [0.717, 1.165) is 0 Å². The molecule has 15 heavy (non-hydrogen) atoms. The highest BCUT2D eigenvalue weighted by molar-refractivity contribution is 5.42. The average molecular weight is 218 g/mol. The predicted molar refractivity (Wildman–Crippen MR) is 48.1 cm³/mol. The van der Waals surface area contributed by atoms with E-state index in [9.17, 15) is 13.2 Å². The van der Waals surface area contributed by atoms with Gasteiger partial charge in [0.25, 0.3) is 0 Å². The molecule has 2 rings (SSSR count). The quantitative estimate of drug-likeness (QED) is 0.790. The normalized spacial score (nSPS) is 18.6. The van der Waals surface area contributed by atoms with Crippen LogP contribution in [0.1, 0.15) is 12.8 Å². The maximum Gasteiger partial charge on any atom is 0.411 e. The average Bonchev–Trinajstić information content (AvgIpc) is 2.89. The first-order valence-electron chi connectivity index (χ1n) is 4.35. The summed E-state index contributed by atoms with van der Waals surface area (Å²) >= 11 is 0. The molecule has 0 unspecified atom stereocenters. The third kappa shape index (κ3) is 1.81. The Labute approximate surface area is 83.7 Å². The molecule has 1 aliphatic rings. The summed E-state index contributed by atoms with van der Waals surface area (Å²) in [7, 11) is 0. The Kier molecular flexibility index (Phi) is 1.99. The molecule has 0 spiro atoms. The molecule has 3 N–H and O–H groups in total. The number of hydrogen-bond donors (Lipinski definition) is 2. The van der Waals surface area contributed by atoms with Crippen molar-refractivity contribution in [2.24, 2.45) is 0 Å². The first kappa shape index (κ1) is 10.0. The van der Waals surface area contributed by atoms with Crippen molar-refractivity contribution in [1.29, 1.82) is 0 Å². The minimum absolute atomic E-state index is 0.0720. The third-order valence-electron chi connectivity index (χ3n) is 2.33. The van der Waals surface area contributed by atoms with Crippen LogP contribution in [0.25, 0.3) is 0 Å². The molecule has 4 nitrogen and oxygen atoms in total. The number of rotatable bonds is 2. The lowest BCUT2D eigenvalue weighted by atomic mass is 10.2. The lowest BCUT2D eigenvalue weighted by Crippen LogP contribution is -2.38. The molecule has 0 aromatic carbocycles. The van der Waals surface area contributed by atoms with Crippen molar-refractivity contribution in [3.8, 4) is 0 Å². The van der Waals surface area contributed by atoms with Gasteiger partial charge in [0.1, 0.15) is 17.2 Å². The van der Waals surface area contributed by atoms with Gasteiger partial charge in [-0.3, -0.25) is 0 Å². The minimum atomic E-state index is -4.25. The van der Waals surface area contributed by atoms with Crippen molar-refractivity contribution in [3.05, 3.63) is 12.4 Å². The van der Waals surface area contributed by atoms with Crippen LogP contribution >= 0.6 is 0 Å². The Bertz CT molecular complexity index is 355. The molecular weight excluding hydrogens is 209 g/mol. The van der Waals surface area contributed by atoms with Gasteiger partial charge in [-0.1, -0.05) is 0 Å². The molecule has 0 saturated heterocycles. The molecular formula is C8H9F3N4. The number of halogens is 3. The molecule has 1 heterocycles. The first-order valence-corrected chi connectivity index (χ1v) is 4.35. The van der Waals surface area contributed by atoms with Gasteiger partial charge in [0.05, 0.1) is 12.4 Å². The fraction of sp³-hybridized carbons (Fsp3) is 0.500. The molecule has 7 heteroatoms. The second kappa shape index (κ2) is 2.98. The molecule has 1 aromatic heterocycles. The number of nitrogens with two attached hydrogens (primary N) is 1. The highest BCUT2D eigenvalue weighted by Crippen LogP contribution is 2.50. The van der Waals surface area contributed by atoms with E-state index >= 15 is 0 Å². The van der Waals surface area contributed by atoms with E-state index in [-0.39, 0.29) is 24.5 Å². The monoisotopic (exact) mass is 218 g/mol. The summed E-state index contributed by atoms with van der Waals surface area (Å²) in [5.41, 5.74) is 3.46. The van der Waals surface area contributed by atoms with Crippen molar-refractivity contribution in [2.75, 3.05) is 11.1 Å². The number of anilines is 2. The number of hydrogen-bond acceptors (Lipinski definition) is 4. The molecule has 1 aromatic rings. The predicted octanol–water partition coefficient (Wildman–Crippen LogP) is 1.57. The van der Waals surface area contributed by atoms with Gasteiger partial charge in [0, 0.05) is 0 Å². The van der Waals surface area contributed by atoms with Crippen molar-refractivity contribution in [1.82, 2.24) is 9.97 Å². The second-order valence-electron chi connectivity index (χ2n) is 3.53. The summed E-state index contributed by atoms with van der Waals surface area (Å²) in [5.74, 6) is 0.274. The lowest BCUT2D eigenvalue weighted by molar-refractivity contribution is -0.151. The molecule has 0 aliphatic heterocycles. The van der Waals surface area contributed by atoms with Crippen LogP contribution in [0, 0.1) is 0 Å². The van der Waals surface area contributed by atoms with Crippen molar-refractivity contribution >= 4 is 11.6 Å². The summed E-state index contributed by atoms with van der Waals surface area (Å²) < 4.78 is 37.6. The van der Waals surface area contributed by atoms with Gasteiger partial charge in [-0.2, -0.15) is 13.2 Å². The topological polar surface area (TPSA) is 63.8 Å². The molecule has 0 radical (unpaired) electrons. The zero-order valence-electron chi connectivity index (χ0n) is 7.67. The zero-order valence-corrected chi connectivity index (χ0v) is 7.67. The maximum absolute atomic E-state index is 12.5.